The Kier molecular flexibility index (Phi) is 3.65. The maximum absolute atomic E-state index is 11.9. The average molecular weight is 322 g/mol. The van der Waals surface area contributed by atoms with Gasteiger partial charge in [-0.2, -0.15) is 5.26 Å². The van der Waals surface area contributed by atoms with Gasteiger partial charge >= 0.3 is 0 Å². The number of carbonyl (C=O) groups is 1. The molecule has 1 heterocycles. The molecule has 2 aromatic rings. The van der Waals surface area contributed by atoms with Gasteiger partial charge in [-0.05, 0) is 29.6 Å². The minimum absolute atomic E-state index is 0.304. The molecule has 1 aromatic carbocycles. The number of carbonyl (C=O) groups excluding carboxylic acids is 1. The number of nitrogens with one attached hydrogen (secondary N) is 1. The van der Waals surface area contributed by atoms with Crippen molar-refractivity contribution in [2.75, 3.05) is 11.1 Å². The molecule has 0 aliphatic carbocycles. The third-order valence-electron chi connectivity index (χ3n) is 2.25. The van der Waals surface area contributed by atoms with E-state index >= 15 is 0 Å². The lowest BCUT2D eigenvalue weighted by atomic mass is 10.2. The van der Waals surface area contributed by atoms with Gasteiger partial charge < -0.3 is 11.1 Å². The summed E-state index contributed by atoms with van der Waals surface area (Å²) in [7, 11) is 0. The summed E-state index contributed by atoms with van der Waals surface area (Å²) in [6.45, 7) is 0. The molecule has 4 nitrogen and oxygen atoms in total. The maximum Gasteiger partial charge on any atom is 0.267 e. The zero-order valence-corrected chi connectivity index (χ0v) is 11.5. The molecule has 0 bridgehead atoms. The van der Waals surface area contributed by atoms with E-state index < -0.39 is 0 Å². The van der Waals surface area contributed by atoms with Gasteiger partial charge in [-0.3, -0.25) is 4.79 Å². The van der Waals surface area contributed by atoms with Gasteiger partial charge in [-0.15, -0.1) is 11.3 Å². The Bertz CT molecular complexity index is 645. The fourth-order valence-corrected chi connectivity index (χ4v) is 2.47. The van der Waals surface area contributed by atoms with Crippen LogP contribution in [0.25, 0.3) is 0 Å². The van der Waals surface area contributed by atoms with Crippen LogP contribution in [-0.4, -0.2) is 5.91 Å². The molecule has 90 valence electrons. The van der Waals surface area contributed by atoms with Gasteiger partial charge in [-0.25, -0.2) is 0 Å². The van der Waals surface area contributed by atoms with Crippen LogP contribution in [0, 0.1) is 11.3 Å². The Hall–Kier alpha value is -1.84. The number of nitrogen functional groups attached to an aromatic ring is 1. The van der Waals surface area contributed by atoms with Gasteiger partial charge in [-0.1, -0.05) is 15.9 Å². The first-order valence-electron chi connectivity index (χ1n) is 4.96. The minimum atomic E-state index is -0.304. The summed E-state index contributed by atoms with van der Waals surface area (Å²) in [6.07, 6.45) is 0. The SMILES string of the molecule is N#Cc1cc(Br)ccc1NC(=O)c1sccc1N. The van der Waals surface area contributed by atoms with E-state index in [1.807, 2.05) is 6.07 Å². The van der Waals surface area contributed by atoms with Gasteiger partial charge in [0.15, 0.2) is 0 Å². The van der Waals surface area contributed by atoms with Crippen molar-refractivity contribution in [1.82, 2.24) is 0 Å². The maximum atomic E-state index is 11.9. The zero-order valence-electron chi connectivity index (χ0n) is 9.11. The molecule has 0 unspecified atom stereocenters. The largest absolute Gasteiger partial charge is 0.397 e. The third kappa shape index (κ3) is 2.53. The first-order chi connectivity index (χ1) is 8.61. The smallest absolute Gasteiger partial charge is 0.267 e. The molecular weight excluding hydrogens is 314 g/mol. The van der Waals surface area contributed by atoms with E-state index in [4.69, 9.17) is 11.0 Å². The number of hydrogen-bond acceptors (Lipinski definition) is 4. The summed E-state index contributed by atoms with van der Waals surface area (Å²) in [4.78, 5) is 12.4. The number of benzene rings is 1. The van der Waals surface area contributed by atoms with E-state index in [2.05, 4.69) is 21.2 Å². The molecule has 0 atom stereocenters. The molecule has 0 saturated heterocycles. The molecule has 0 fully saturated rings. The summed E-state index contributed by atoms with van der Waals surface area (Å²) in [5.41, 5.74) is 6.97. The number of halogens is 1. The van der Waals surface area contributed by atoms with Crippen molar-refractivity contribution >= 4 is 44.5 Å². The molecule has 0 radical (unpaired) electrons. The van der Waals surface area contributed by atoms with E-state index in [0.717, 1.165) is 4.47 Å². The average Bonchev–Trinajstić information content (AvgIpc) is 2.77. The normalized spacial score (nSPS) is 9.78. The van der Waals surface area contributed by atoms with E-state index in [1.165, 1.54) is 11.3 Å². The predicted octanol–water partition coefficient (Wildman–Crippen LogP) is 3.22. The second kappa shape index (κ2) is 5.21. The monoisotopic (exact) mass is 321 g/mol. The molecular formula is C12H8BrN3OS. The Morgan fingerprint density at radius 2 is 2.22 bits per heavy atom. The first-order valence-corrected chi connectivity index (χ1v) is 6.63. The van der Waals surface area contributed by atoms with Crippen molar-refractivity contribution < 1.29 is 4.79 Å². The Morgan fingerprint density at radius 3 is 2.83 bits per heavy atom. The van der Waals surface area contributed by atoms with E-state index in [-0.39, 0.29) is 5.91 Å². The molecule has 1 aromatic heterocycles. The van der Waals surface area contributed by atoms with E-state index in [9.17, 15) is 4.79 Å². The van der Waals surface area contributed by atoms with Crippen LogP contribution in [0.4, 0.5) is 11.4 Å². The lowest BCUT2D eigenvalue weighted by Gasteiger charge is -2.06. The van der Waals surface area contributed by atoms with Gasteiger partial charge in [0.05, 0.1) is 16.9 Å². The van der Waals surface area contributed by atoms with Gasteiger partial charge in [0.2, 0.25) is 0 Å². The van der Waals surface area contributed by atoms with Crippen molar-refractivity contribution in [3.05, 3.63) is 44.6 Å². The van der Waals surface area contributed by atoms with Crippen molar-refractivity contribution in [3.63, 3.8) is 0 Å². The summed E-state index contributed by atoms with van der Waals surface area (Å²) >= 11 is 4.54. The molecule has 2 rings (SSSR count). The van der Waals surface area contributed by atoms with Gasteiger partial charge in [0.1, 0.15) is 10.9 Å². The lowest BCUT2D eigenvalue weighted by molar-refractivity contribution is 0.103. The molecule has 0 spiro atoms. The number of hydrogen-bond donors (Lipinski definition) is 2. The molecule has 0 saturated carbocycles. The van der Waals surface area contributed by atoms with E-state index in [1.54, 1.807) is 29.6 Å². The van der Waals surface area contributed by atoms with Crippen molar-refractivity contribution in [3.8, 4) is 6.07 Å². The predicted molar refractivity (Wildman–Crippen MR) is 75.5 cm³/mol. The minimum Gasteiger partial charge on any atom is -0.397 e. The standard InChI is InChI=1S/C12H8BrN3OS/c13-8-1-2-10(7(5-8)6-14)16-12(17)11-9(15)3-4-18-11/h1-5H,15H2,(H,16,17). The second-order valence-electron chi connectivity index (χ2n) is 3.46. The van der Waals surface area contributed by atoms with E-state index in [0.29, 0.717) is 21.8 Å². The lowest BCUT2D eigenvalue weighted by Crippen LogP contribution is -2.12. The highest BCUT2D eigenvalue weighted by Gasteiger charge is 2.13. The Morgan fingerprint density at radius 1 is 1.44 bits per heavy atom. The molecule has 0 aliphatic heterocycles. The van der Waals surface area contributed by atoms with Crippen LogP contribution in [0.5, 0.6) is 0 Å². The Labute approximate surface area is 116 Å². The quantitative estimate of drug-likeness (QED) is 0.891. The van der Waals surface area contributed by atoms with Gasteiger partial charge in [0.25, 0.3) is 5.91 Å². The number of rotatable bonds is 2. The van der Waals surface area contributed by atoms with Crippen molar-refractivity contribution in [2.45, 2.75) is 0 Å². The highest BCUT2D eigenvalue weighted by Crippen LogP contribution is 2.24. The topological polar surface area (TPSA) is 78.9 Å². The molecule has 1 amide bonds. The summed E-state index contributed by atoms with van der Waals surface area (Å²) in [5, 5.41) is 13.4. The fraction of sp³-hybridized carbons (Fsp3) is 0. The van der Waals surface area contributed by atoms with Gasteiger partial charge in [0, 0.05) is 4.47 Å². The van der Waals surface area contributed by atoms with Crippen molar-refractivity contribution in [1.29, 1.82) is 5.26 Å². The first kappa shape index (κ1) is 12.6. The molecule has 18 heavy (non-hydrogen) atoms. The Balaban J connectivity index is 2.28. The van der Waals surface area contributed by atoms with Crippen LogP contribution in [0.2, 0.25) is 0 Å². The molecule has 6 heteroatoms. The third-order valence-corrected chi connectivity index (χ3v) is 3.67. The number of thiophene rings is 1. The van der Waals surface area contributed by atoms with Crippen LogP contribution in [-0.2, 0) is 0 Å². The number of amides is 1. The number of nitriles is 1. The van der Waals surface area contributed by atoms with Crippen LogP contribution < -0.4 is 11.1 Å². The summed E-state index contributed by atoms with van der Waals surface area (Å²) in [5.74, 6) is -0.304. The van der Waals surface area contributed by atoms with Crippen LogP contribution in [0.1, 0.15) is 15.2 Å². The van der Waals surface area contributed by atoms with Crippen LogP contribution in [0.3, 0.4) is 0 Å². The molecule has 3 N–H and O–H groups in total. The molecule has 0 aliphatic rings. The zero-order chi connectivity index (χ0) is 13.1. The number of nitrogens with zero attached hydrogens (tertiary/aromatic N) is 1. The highest BCUT2D eigenvalue weighted by atomic mass is 79.9. The summed E-state index contributed by atoms with van der Waals surface area (Å²) < 4.78 is 0.785. The van der Waals surface area contributed by atoms with Crippen LogP contribution in [0.15, 0.2) is 34.1 Å². The fourth-order valence-electron chi connectivity index (χ4n) is 1.40. The summed E-state index contributed by atoms with van der Waals surface area (Å²) in [6, 6.07) is 8.78. The number of nitrogens with two attached hydrogens (primary N) is 1. The highest BCUT2D eigenvalue weighted by molar-refractivity contribution is 9.10. The number of anilines is 2. The second-order valence-corrected chi connectivity index (χ2v) is 5.29. The van der Waals surface area contributed by atoms with Crippen LogP contribution >= 0.6 is 27.3 Å². The van der Waals surface area contributed by atoms with Crippen molar-refractivity contribution in [2.24, 2.45) is 0 Å².